The Labute approximate surface area is 137 Å². The number of amides is 1. The van der Waals surface area contributed by atoms with E-state index in [1.807, 2.05) is 25.7 Å². The monoisotopic (exact) mass is 323 g/mol. The lowest BCUT2D eigenvalue weighted by atomic mass is 10.0. The van der Waals surface area contributed by atoms with Crippen LogP contribution in [-0.4, -0.2) is 42.2 Å². The molecule has 1 unspecified atom stereocenters. The molecule has 1 aliphatic rings. The average Bonchev–Trinajstić information content (AvgIpc) is 2.55. The quantitative estimate of drug-likeness (QED) is 0.805. The molecular formula is C18H26FNO3. The minimum atomic E-state index is -0.669. The number of carbonyl (C=O) groups is 1. The molecule has 1 aromatic rings. The zero-order valence-corrected chi connectivity index (χ0v) is 14.1. The molecule has 0 aromatic heterocycles. The van der Waals surface area contributed by atoms with Gasteiger partial charge in [-0.05, 0) is 45.2 Å². The van der Waals surface area contributed by atoms with Gasteiger partial charge in [-0.25, -0.2) is 4.39 Å². The highest BCUT2D eigenvalue weighted by Gasteiger charge is 2.33. The van der Waals surface area contributed by atoms with Gasteiger partial charge in [0.25, 0.3) is 5.91 Å². The maximum absolute atomic E-state index is 13.8. The first kappa shape index (κ1) is 17.7. The molecule has 1 fully saturated rings. The van der Waals surface area contributed by atoms with Gasteiger partial charge in [0.05, 0.1) is 0 Å². The second-order valence-corrected chi connectivity index (χ2v) is 6.13. The van der Waals surface area contributed by atoms with Gasteiger partial charge in [0.2, 0.25) is 0 Å². The number of hydrogen-bond donors (Lipinski definition) is 0. The van der Waals surface area contributed by atoms with E-state index >= 15 is 0 Å². The van der Waals surface area contributed by atoms with Crippen molar-refractivity contribution in [1.82, 2.24) is 4.90 Å². The standard InChI is InChI=1S/C18H26FNO3/c1-4-16(23-17-8-6-5-7-15(17)19)18(21)20(13(2)3)14-9-11-22-12-10-14/h5-8,13-14,16H,4,9-12H2,1-3H3. The minimum absolute atomic E-state index is 0.0716. The first-order valence-corrected chi connectivity index (χ1v) is 8.35. The van der Waals surface area contributed by atoms with Gasteiger partial charge in [0, 0.05) is 25.3 Å². The van der Waals surface area contributed by atoms with Crippen LogP contribution in [0.1, 0.15) is 40.0 Å². The van der Waals surface area contributed by atoms with E-state index in [1.165, 1.54) is 6.07 Å². The fourth-order valence-corrected chi connectivity index (χ4v) is 2.99. The third-order valence-electron chi connectivity index (χ3n) is 4.15. The van der Waals surface area contributed by atoms with Crippen molar-refractivity contribution in [2.24, 2.45) is 0 Å². The van der Waals surface area contributed by atoms with Gasteiger partial charge in [-0.2, -0.15) is 0 Å². The molecule has 5 heteroatoms. The lowest BCUT2D eigenvalue weighted by Crippen LogP contribution is -2.52. The van der Waals surface area contributed by atoms with Gasteiger partial charge >= 0.3 is 0 Å². The van der Waals surface area contributed by atoms with Gasteiger partial charge in [0.15, 0.2) is 17.7 Å². The predicted molar refractivity (Wildman–Crippen MR) is 86.9 cm³/mol. The molecule has 0 saturated carbocycles. The van der Waals surface area contributed by atoms with Crippen molar-refractivity contribution < 1.29 is 18.7 Å². The molecule has 4 nitrogen and oxygen atoms in total. The highest BCUT2D eigenvalue weighted by molar-refractivity contribution is 5.82. The fraction of sp³-hybridized carbons (Fsp3) is 0.611. The summed E-state index contributed by atoms with van der Waals surface area (Å²) >= 11 is 0. The van der Waals surface area contributed by atoms with Crippen molar-refractivity contribution in [3.05, 3.63) is 30.1 Å². The van der Waals surface area contributed by atoms with Gasteiger partial charge in [0.1, 0.15) is 0 Å². The maximum atomic E-state index is 13.8. The zero-order chi connectivity index (χ0) is 16.8. The summed E-state index contributed by atoms with van der Waals surface area (Å²) in [6, 6.07) is 6.44. The fourth-order valence-electron chi connectivity index (χ4n) is 2.99. The molecule has 0 spiro atoms. The number of ether oxygens (including phenoxy) is 2. The minimum Gasteiger partial charge on any atom is -0.478 e. The molecule has 0 N–H and O–H groups in total. The molecule has 0 bridgehead atoms. The van der Waals surface area contributed by atoms with Gasteiger partial charge in [-0.15, -0.1) is 0 Å². The second-order valence-electron chi connectivity index (χ2n) is 6.13. The predicted octanol–water partition coefficient (Wildman–Crippen LogP) is 3.40. The molecule has 1 heterocycles. The smallest absolute Gasteiger partial charge is 0.264 e. The SMILES string of the molecule is CCC(Oc1ccccc1F)C(=O)N(C(C)C)C1CCOCC1. The van der Waals surface area contributed by atoms with Crippen LogP contribution in [-0.2, 0) is 9.53 Å². The van der Waals surface area contributed by atoms with Gasteiger partial charge < -0.3 is 14.4 Å². The first-order valence-electron chi connectivity index (χ1n) is 8.35. The number of halogens is 1. The number of para-hydroxylation sites is 1. The number of benzene rings is 1. The van der Waals surface area contributed by atoms with Crippen LogP contribution in [0.3, 0.4) is 0 Å². The number of rotatable bonds is 6. The molecule has 1 aromatic carbocycles. The van der Waals surface area contributed by atoms with Gasteiger partial charge in [-0.1, -0.05) is 19.1 Å². The van der Waals surface area contributed by atoms with Crippen molar-refractivity contribution in [3.63, 3.8) is 0 Å². The van der Waals surface area contributed by atoms with Crippen molar-refractivity contribution in [1.29, 1.82) is 0 Å². The number of hydrogen-bond acceptors (Lipinski definition) is 3. The molecule has 128 valence electrons. The molecule has 1 amide bonds. The van der Waals surface area contributed by atoms with E-state index < -0.39 is 11.9 Å². The van der Waals surface area contributed by atoms with Crippen LogP contribution in [0.15, 0.2) is 24.3 Å². The van der Waals surface area contributed by atoms with E-state index in [4.69, 9.17) is 9.47 Å². The van der Waals surface area contributed by atoms with Crippen LogP contribution in [0, 0.1) is 5.82 Å². The summed E-state index contributed by atoms with van der Waals surface area (Å²) in [5.41, 5.74) is 0. The van der Waals surface area contributed by atoms with Crippen LogP contribution >= 0.6 is 0 Å². The molecule has 23 heavy (non-hydrogen) atoms. The Morgan fingerprint density at radius 1 is 1.35 bits per heavy atom. The van der Waals surface area contributed by atoms with Crippen LogP contribution in [0.4, 0.5) is 4.39 Å². The van der Waals surface area contributed by atoms with E-state index in [1.54, 1.807) is 18.2 Å². The molecular weight excluding hydrogens is 297 g/mol. The lowest BCUT2D eigenvalue weighted by molar-refractivity contribution is -0.145. The largest absolute Gasteiger partial charge is 0.478 e. The Morgan fingerprint density at radius 3 is 2.57 bits per heavy atom. The Hall–Kier alpha value is -1.62. The van der Waals surface area contributed by atoms with Crippen LogP contribution in [0.2, 0.25) is 0 Å². The molecule has 2 rings (SSSR count). The molecule has 1 aliphatic heterocycles. The Bertz CT molecular complexity index is 515. The lowest BCUT2D eigenvalue weighted by Gasteiger charge is -2.39. The molecule has 0 aliphatic carbocycles. The van der Waals surface area contributed by atoms with E-state index in [0.717, 1.165) is 12.8 Å². The molecule has 0 radical (unpaired) electrons. The highest BCUT2D eigenvalue weighted by Crippen LogP contribution is 2.23. The third kappa shape index (κ3) is 4.44. The number of nitrogens with zero attached hydrogens (tertiary/aromatic N) is 1. The summed E-state index contributed by atoms with van der Waals surface area (Å²) < 4.78 is 24.9. The number of carbonyl (C=O) groups excluding carboxylic acids is 1. The van der Waals surface area contributed by atoms with Crippen molar-refractivity contribution in [2.45, 2.75) is 58.2 Å². The average molecular weight is 323 g/mol. The van der Waals surface area contributed by atoms with Crippen molar-refractivity contribution >= 4 is 5.91 Å². The Kier molecular flexibility index (Phi) is 6.39. The highest BCUT2D eigenvalue weighted by atomic mass is 19.1. The van der Waals surface area contributed by atoms with E-state index in [2.05, 4.69) is 0 Å². The first-order chi connectivity index (χ1) is 11.0. The van der Waals surface area contributed by atoms with E-state index in [0.29, 0.717) is 19.6 Å². The maximum Gasteiger partial charge on any atom is 0.264 e. The molecule has 1 saturated heterocycles. The normalized spacial score (nSPS) is 17.1. The topological polar surface area (TPSA) is 38.8 Å². The third-order valence-corrected chi connectivity index (χ3v) is 4.15. The summed E-state index contributed by atoms with van der Waals surface area (Å²) in [4.78, 5) is 14.9. The summed E-state index contributed by atoms with van der Waals surface area (Å²) in [7, 11) is 0. The Morgan fingerprint density at radius 2 is 2.00 bits per heavy atom. The molecule has 1 atom stereocenters. The van der Waals surface area contributed by atoms with Crippen LogP contribution < -0.4 is 4.74 Å². The van der Waals surface area contributed by atoms with Crippen LogP contribution in [0.5, 0.6) is 5.75 Å². The van der Waals surface area contributed by atoms with E-state index in [-0.39, 0.29) is 23.7 Å². The van der Waals surface area contributed by atoms with Gasteiger partial charge in [-0.3, -0.25) is 4.79 Å². The summed E-state index contributed by atoms with van der Waals surface area (Å²) in [6.45, 7) is 7.23. The van der Waals surface area contributed by atoms with Crippen molar-refractivity contribution in [3.8, 4) is 5.75 Å². The van der Waals surface area contributed by atoms with Crippen molar-refractivity contribution in [2.75, 3.05) is 13.2 Å². The second kappa shape index (κ2) is 8.29. The summed E-state index contributed by atoms with van der Waals surface area (Å²) in [5, 5.41) is 0. The van der Waals surface area contributed by atoms with Crippen LogP contribution in [0.25, 0.3) is 0 Å². The Balaban J connectivity index is 2.14. The summed E-state index contributed by atoms with van der Waals surface area (Å²) in [5.74, 6) is -0.387. The van der Waals surface area contributed by atoms with E-state index in [9.17, 15) is 9.18 Å². The zero-order valence-electron chi connectivity index (χ0n) is 14.1. The summed E-state index contributed by atoms with van der Waals surface area (Å²) in [6.07, 6.45) is 1.50.